The maximum atomic E-state index is 12.7. The van der Waals surface area contributed by atoms with Crippen LogP contribution in [0.25, 0.3) is 0 Å². The number of carbonyl (C=O) groups is 1. The Labute approximate surface area is 130 Å². The smallest absolute Gasteiger partial charge is 0.257 e. The van der Waals surface area contributed by atoms with Crippen LogP contribution in [0.1, 0.15) is 67.0 Å². The molecule has 1 N–H and O–H groups in total. The van der Waals surface area contributed by atoms with Gasteiger partial charge in [0, 0.05) is 36.8 Å². The quantitative estimate of drug-likeness (QED) is 0.908. The molecule has 0 aromatic carbocycles. The first-order valence-electron chi connectivity index (χ1n) is 8.47. The van der Waals surface area contributed by atoms with Crippen molar-refractivity contribution in [3.8, 4) is 0 Å². The molecule has 2 atom stereocenters. The van der Waals surface area contributed by atoms with Crippen LogP contribution in [0.4, 0.5) is 0 Å². The van der Waals surface area contributed by atoms with Gasteiger partial charge in [0.2, 0.25) is 0 Å². The maximum Gasteiger partial charge on any atom is 0.257 e. The maximum absolute atomic E-state index is 12.7. The fourth-order valence-corrected chi connectivity index (χ4v) is 4.11. The Bertz CT molecular complexity index is 570. The van der Waals surface area contributed by atoms with Gasteiger partial charge >= 0.3 is 0 Å². The zero-order valence-corrected chi connectivity index (χ0v) is 12.9. The molecular formula is C17H23N3O2. The van der Waals surface area contributed by atoms with Gasteiger partial charge in [-0.15, -0.1) is 0 Å². The molecule has 5 heteroatoms. The Morgan fingerprint density at radius 1 is 1.18 bits per heavy atom. The van der Waals surface area contributed by atoms with E-state index in [4.69, 9.17) is 0 Å². The Morgan fingerprint density at radius 3 is 2.55 bits per heavy atom. The Balaban J connectivity index is 1.49. The molecule has 118 valence electrons. The summed E-state index contributed by atoms with van der Waals surface area (Å²) in [5.41, 5.74) is 0.511. The van der Waals surface area contributed by atoms with Crippen LogP contribution in [0.15, 0.2) is 12.4 Å². The summed E-state index contributed by atoms with van der Waals surface area (Å²) in [7, 11) is 0. The van der Waals surface area contributed by atoms with E-state index in [1.807, 2.05) is 4.90 Å². The molecule has 1 aromatic rings. The van der Waals surface area contributed by atoms with E-state index in [0.29, 0.717) is 18.0 Å². The van der Waals surface area contributed by atoms with E-state index in [0.717, 1.165) is 44.5 Å². The summed E-state index contributed by atoms with van der Waals surface area (Å²) in [6, 6.07) is 0. The van der Waals surface area contributed by atoms with E-state index in [2.05, 4.69) is 9.97 Å². The third-order valence-electron chi connectivity index (χ3n) is 5.62. The molecule has 1 aromatic heterocycles. The number of aliphatic hydroxyl groups excluding tert-OH is 1. The Morgan fingerprint density at radius 2 is 1.91 bits per heavy atom. The van der Waals surface area contributed by atoms with E-state index in [9.17, 15) is 9.90 Å². The zero-order valence-electron chi connectivity index (χ0n) is 12.9. The second kappa shape index (κ2) is 5.30. The molecule has 2 heterocycles. The van der Waals surface area contributed by atoms with Crippen molar-refractivity contribution in [3.05, 3.63) is 23.8 Å². The molecule has 3 aliphatic rings. The van der Waals surface area contributed by atoms with Gasteiger partial charge in [-0.1, -0.05) is 6.42 Å². The third kappa shape index (κ3) is 2.41. The van der Waals surface area contributed by atoms with Crippen LogP contribution in [0.3, 0.4) is 0 Å². The van der Waals surface area contributed by atoms with Gasteiger partial charge in [-0.05, 0) is 38.5 Å². The van der Waals surface area contributed by atoms with Gasteiger partial charge in [0.1, 0.15) is 5.82 Å². The molecule has 0 bridgehead atoms. The fraction of sp³-hybridized carbons (Fsp3) is 0.706. The highest BCUT2D eigenvalue weighted by Crippen LogP contribution is 2.45. The van der Waals surface area contributed by atoms with Crippen LogP contribution in [-0.4, -0.2) is 45.1 Å². The first-order chi connectivity index (χ1) is 10.7. The molecule has 1 amide bonds. The second-order valence-corrected chi connectivity index (χ2v) is 7.20. The number of rotatable bonds is 2. The number of carbonyl (C=O) groups excluding carboxylic acids is 1. The molecule has 3 fully saturated rings. The molecule has 0 radical (unpaired) electrons. The predicted octanol–water partition coefficient (Wildman–Crippen LogP) is 2.12. The molecule has 1 aliphatic heterocycles. The van der Waals surface area contributed by atoms with Crippen molar-refractivity contribution in [3.63, 3.8) is 0 Å². The summed E-state index contributed by atoms with van der Waals surface area (Å²) >= 11 is 0. The number of nitrogens with zero attached hydrogens (tertiary/aromatic N) is 3. The molecular weight excluding hydrogens is 278 g/mol. The van der Waals surface area contributed by atoms with E-state index >= 15 is 0 Å². The van der Waals surface area contributed by atoms with Crippen molar-refractivity contribution < 1.29 is 9.90 Å². The number of aromatic nitrogens is 2. The van der Waals surface area contributed by atoms with E-state index in [-0.39, 0.29) is 17.4 Å². The van der Waals surface area contributed by atoms with Crippen molar-refractivity contribution in [2.75, 3.05) is 13.1 Å². The normalized spacial score (nSPS) is 31.7. The van der Waals surface area contributed by atoms with Crippen LogP contribution in [0.2, 0.25) is 0 Å². The number of aliphatic hydroxyl groups is 1. The third-order valence-corrected chi connectivity index (χ3v) is 5.62. The van der Waals surface area contributed by atoms with Gasteiger partial charge < -0.3 is 10.0 Å². The molecule has 0 unspecified atom stereocenters. The summed E-state index contributed by atoms with van der Waals surface area (Å²) in [5, 5.41) is 10.3. The summed E-state index contributed by atoms with van der Waals surface area (Å²) in [6.45, 7) is 1.45. The van der Waals surface area contributed by atoms with E-state index in [1.54, 1.807) is 12.4 Å². The summed E-state index contributed by atoms with van der Waals surface area (Å²) in [5.74, 6) is 1.40. The average Bonchev–Trinajstić information content (AvgIpc) is 3.34. The SMILES string of the molecule is O=C(c1cnc(C2CC2)nc1)N1CCC[C@]2(CCC[C@H]2O)C1. The molecule has 22 heavy (non-hydrogen) atoms. The Hall–Kier alpha value is -1.49. The van der Waals surface area contributed by atoms with E-state index < -0.39 is 0 Å². The van der Waals surface area contributed by atoms with Crippen molar-refractivity contribution in [2.45, 2.75) is 57.0 Å². The van der Waals surface area contributed by atoms with Crippen molar-refractivity contribution in [2.24, 2.45) is 5.41 Å². The first-order valence-corrected chi connectivity index (χ1v) is 8.47. The van der Waals surface area contributed by atoms with Crippen molar-refractivity contribution in [1.29, 1.82) is 0 Å². The van der Waals surface area contributed by atoms with Crippen LogP contribution in [-0.2, 0) is 0 Å². The van der Waals surface area contributed by atoms with Gasteiger partial charge in [0.25, 0.3) is 5.91 Å². The summed E-state index contributed by atoms with van der Waals surface area (Å²) in [4.78, 5) is 23.3. The highest BCUT2D eigenvalue weighted by Gasteiger charge is 2.45. The Kier molecular flexibility index (Phi) is 3.40. The molecule has 2 aliphatic carbocycles. The molecule has 5 nitrogen and oxygen atoms in total. The lowest BCUT2D eigenvalue weighted by Gasteiger charge is -2.42. The first kappa shape index (κ1) is 14.1. The number of hydrogen-bond donors (Lipinski definition) is 1. The summed E-state index contributed by atoms with van der Waals surface area (Å²) in [6.07, 6.45) is 10.4. The molecule has 1 saturated heterocycles. The molecule has 2 saturated carbocycles. The monoisotopic (exact) mass is 301 g/mol. The predicted molar refractivity (Wildman–Crippen MR) is 81.4 cm³/mol. The lowest BCUT2D eigenvalue weighted by Crippen LogP contribution is -2.49. The highest BCUT2D eigenvalue weighted by molar-refractivity contribution is 5.93. The summed E-state index contributed by atoms with van der Waals surface area (Å²) < 4.78 is 0. The van der Waals surface area contributed by atoms with Crippen molar-refractivity contribution >= 4 is 5.91 Å². The van der Waals surface area contributed by atoms with Crippen LogP contribution < -0.4 is 0 Å². The minimum absolute atomic E-state index is 0.0144. The van der Waals surface area contributed by atoms with Crippen molar-refractivity contribution in [1.82, 2.24) is 14.9 Å². The van der Waals surface area contributed by atoms with Gasteiger partial charge in [-0.3, -0.25) is 4.79 Å². The fourth-order valence-electron chi connectivity index (χ4n) is 4.11. The largest absolute Gasteiger partial charge is 0.392 e. The van der Waals surface area contributed by atoms with Crippen LogP contribution >= 0.6 is 0 Å². The minimum Gasteiger partial charge on any atom is -0.392 e. The molecule has 1 spiro atoms. The lowest BCUT2D eigenvalue weighted by atomic mass is 9.76. The van der Waals surface area contributed by atoms with Gasteiger partial charge in [0.05, 0.1) is 11.7 Å². The second-order valence-electron chi connectivity index (χ2n) is 7.20. The lowest BCUT2D eigenvalue weighted by molar-refractivity contribution is -0.00538. The molecule has 4 rings (SSSR count). The average molecular weight is 301 g/mol. The number of amides is 1. The number of likely N-dealkylation sites (tertiary alicyclic amines) is 1. The van der Waals surface area contributed by atoms with Crippen LogP contribution in [0.5, 0.6) is 0 Å². The minimum atomic E-state index is -0.253. The van der Waals surface area contributed by atoms with E-state index in [1.165, 1.54) is 12.8 Å². The van der Waals surface area contributed by atoms with Gasteiger partial charge in [-0.25, -0.2) is 9.97 Å². The number of hydrogen-bond acceptors (Lipinski definition) is 4. The highest BCUT2D eigenvalue weighted by atomic mass is 16.3. The zero-order chi connectivity index (χ0) is 15.2. The van der Waals surface area contributed by atoms with Gasteiger partial charge in [-0.2, -0.15) is 0 Å². The van der Waals surface area contributed by atoms with Crippen LogP contribution in [0, 0.1) is 5.41 Å². The standard InChI is InChI=1S/C17H23N3O2/c21-14-3-1-6-17(14)7-2-8-20(11-17)16(22)13-9-18-15(19-10-13)12-4-5-12/h9-10,12,14,21H,1-8,11H2/t14-,17-/m1/s1. The van der Waals surface area contributed by atoms with Gasteiger partial charge in [0.15, 0.2) is 0 Å². The topological polar surface area (TPSA) is 66.3 Å². The number of piperidine rings is 1.